The van der Waals surface area contributed by atoms with Gasteiger partial charge in [-0.2, -0.15) is 0 Å². The number of benzene rings is 4. The van der Waals surface area contributed by atoms with E-state index in [9.17, 15) is 5.11 Å². The highest BCUT2D eigenvalue weighted by Gasteiger charge is 2.24. The summed E-state index contributed by atoms with van der Waals surface area (Å²) in [5.41, 5.74) is 2.96. The van der Waals surface area contributed by atoms with Gasteiger partial charge in [-0.15, -0.1) is 0 Å². The van der Waals surface area contributed by atoms with Crippen LogP contribution in [-0.2, 0) is 11.2 Å². The number of ether oxygens (including phenoxy) is 1. The van der Waals surface area contributed by atoms with Crippen LogP contribution in [-0.4, -0.2) is 18.3 Å². The van der Waals surface area contributed by atoms with Gasteiger partial charge in [0.1, 0.15) is 0 Å². The number of hydrogen-bond donors (Lipinski definition) is 1. The fourth-order valence-corrected chi connectivity index (χ4v) is 4.80. The fourth-order valence-electron chi connectivity index (χ4n) is 4.80. The summed E-state index contributed by atoms with van der Waals surface area (Å²) >= 11 is 0. The number of hydrogen-bond acceptors (Lipinski definition) is 2. The third kappa shape index (κ3) is 2.76. The minimum absolute atomic E-state index is 0.197. The van der Waals surface area contributed by atoms with E-state index in [1.807, 2.05) is 0 Å². The number of fused-ring (bicyclic) bond motifs is 2. The van der Waals surface area contributed by atoms with Crippen molar-refractivity contribution in [1.82, 2.24) is 0 Å². The van der Waals surface area contributed by atoms with Gasteiger partial charge in [-0.25, -0.2) is 0 Å². The first-order valence-electron chi connectivity index (χ1n) is 9.86. The molecule has 1 N–H and O–H groups in total. The lowest BCUT2D eigenvalue weighted by atomic mass is 9.78. The standard InChI is InChI=1S/C25H24O2/c1-16(26)12-13-27-15-20-6-3-7-21-22-11-10-18-5-2-4-17-8-9-19(14-23(20)21)25(22)24(17)18/h2,4-5,8-11,14,20,26H,1,3,6-7,12-13,15H2. The molecule has 27 heavy (non-hydrogen) atoms. The lowest BCUT2D eigenvalue weighted by Crippen LogP contribution is -2.16. The maximum atomic E-state index is 9.24. The first kappa shape index (κ1) is 16.6. The second-order valence-corrected chi connectivity index (χ2v) is 7.78. The van der Waals surface area contributed by atoms with Gasteiger partial charge in [-0.3, -0.25) is 0 Å². The molecule has 0 amide bonds. The van der Waals surface area contributed by atoms with Gasteiger partial charge in [0.15, 0.2) is 0 Å². The normalized spacial score (nSPS) is 17.0. The summed E-state index contributed by atoms with van der Waals surface area (Å²) < 4.78 is 5.87. The van der Waals surface area contributed by atoms with Gasteiger partial charge in [-0.1, -0.05) is 55.1 Å². The lowest BCUT2D eigenvalue weighted by molar-refractivity contribution is 0.112. The van der Waals surface area contributed by atoms with Gasteiger partial charge < -0.3 is 9.84 Å². The highest BCUT2D eigenvalue weighted by molar-refractivity contribution is 6.23. The van der Waals surface area contributed by atoms with E-state index in [0.717, 1.165) is 6.42 Å². The van der Waals surface area contributed by atoms with E-state index in [1.165, 1.54) is 56.3 Å². The van der Waals surface area contributed by atoms with E-state index in [2.05, 4.69) is 55.1 Å². The molecule has 4 aromatic carbocycles. The molecule has 0 aromatic heterocycles. The summed E-state index contributed by atoms with van der Waals surface area (Å²) in [6.45, 7) is 4.78. The van der Waals surface area contributed by atoms with Crippen molar-refractivity contribution in [2.24, 2.45) is 0 Å². The predicted octanol–water partition coefficient (Wildman–Crippen LogP) is 6.48. The zero-order valence-corrected chi connectivity index (χ0v) is 15.5. The number of aliphatic hydroxyl groups is 1. The molecule has 0 spiro atoms. The van der Waals surface area contributed by atoms with E-state index >= 15 is 0 Å². The monoisotopic (exact) mass is 356 g/mol. The Morgan fingerprint density at radius 1 is 1.04 bits per heavy atom. The summed E-state index contributed by atoms with van der Waals surface area (Å²) in [4.78, 5) is 0. The Hall–Kier alpha value is -2.58. The average Bonchev–Trinajstić information content (AvgIpc) is 2.69. The smallest absolute Gasteiger partial charge is 0.0874 e. The van der Waals surface area contributed by atoms with E-state index in [4.69, 9.17) is 4.74 Å². The Kier molecular flexibility index (Phi) is 4.02. The third-order valence-electron chi connectivity index (χ3n) is 6.07. The number of rotatable bonds is 5. The van der Waals surface area contributed by atoms with Crippen LogP contribution < -0.4 is 0 Å². The van der Waals surface area contributed by atoms with Gasteiger partial charge in [0.2, 0.25) is 0 Å². The molecule has 0 fully saturated rings. The summed E-state index contributed by atoms with van der Waals surface area (Å²) in [5.74, 6) is 0.630. The van der Waals surface area contributed by atoms with E-state index < -0.39 is 0 Å². The first-order chi connectivity index (χ1) is 13.2. The van der Waals surface area contributed by atoms with Crippen LogP contribution in [0.15, 0.2) is 60.9 Å². The summed E-state index contributed by atoms with van der Waals surface area (Å²) in [7, 11) is 0. The number of aliphatic hydroxyl groups excluding tert-OH is 1. The van der Waals surface area contributed by atoms with Crippen LogP contribution in [0.1, 0.15) is 36.3 Å². The molecule has 1 unspecified atom stereocenters. The van der Waals surface area contributed by atoms with E-state index in [-0.39, 0.29) is 5.76 Å². The Balaban J connectivity index is 1.61. The van der Waals surface area contributed by atoms with Crippen molar-refractivity contribution < 1.29 is 9.84 Å². The maximum Gasteiger partial charge on any atom is 0.0874 e. The molecule has 0 aliphatic heterocycles. The largest absolute Gasteiger partial charge is 0.513 e. The van der Waals surface area contributed by atoms with Crippen molar-refractivity contribution in [3.63, 3.8) is 0 Å². The maximum absolute atomic E-state index is 9.24. The van der Waals surface area contributed by atoms with E-state index in [1.54, 1.807) is 0 Å². The highest BCUT2D eigenvalue weighted by atomic mass is 16.5. The van der Waals surface area contributed by atoms with Gasteiger partial charge in [0.25, 0.3) is 0 Å². The second-order valence-electron chi connectivity index (χ2n) is 7.78. The molecular formula is C25H24O2. The lowest BCUT2D eigenvalue weighted by Gasteiger charge is -2.28. The van der Waals surface area contributed by atoms with Crippen LogP contribution >= 0.6 is 0 Å². The molecule has 1 atom stereocenters. The molecule has 2 nitrogen and oxygen atoms in total. The molecule has 1 aliphatic carbocycles. The van der Waals surface area contributed by atoms with Crippen LogP contribution in [0.4, 0.5) is 0 Å². The van der Waals surface area contributed by atoms with Crippen LogP contribution in [0, 0.1) is 0 Å². The molecule has 0 radical (unpaired) electrons. The zero-order chi connectivity index (χ0) is 18.4. The molecule has 2 heteroatoms. The Morgan fingerprint density at radius 3 is 2.63 bits per heavy atom. The third-order valence-corrected chi connectivity index (χ3v) is 6.07. The van der Waals surface area contributed by atoms with Gasteiger partial charge in [0.05, 0.1) is 19.0 Å². The number of aryl methyl sites for hydroxylation is 1. The summed E-state index contributed by atoms with van der Waals surface area (Å²) in [5, 5.41) is 17.5. The fraction of sp³-hybridized carbons (Fsp3) is 0.280. The molecule has 5 rings (SSSR count). The SMILES string of the molecule is C=C(O)CCOCC1CCCc2c1cc1ccc3cccc4ccc2c1c34. The zero-order valence-electron chi connectivity index (χ0n) is 15.5. The Bertz CT molecular complexity index is 1130. The van der Waals surface area contributed by atoms with Gasteiger partial charge in [-0.05, 0) is 62.7 Å². The van der Waals surface area contributed by atoms with Crippen LogP contribution in [0.3, 0.4) is 0 Å². The van der Waals surface area contributed by atoms with Crippen LogP contribution in [0.2, 0.25) is 0 Å². The Labute approximate surface area is 159 Å². The predicted molar refractivity (Wildman–Crippen MR) is 113 cm³/mol. The second kappa shape index (κ2) is 6.54. The molecule has 0 bridgehead atoms. The van der Waals surface area contributed by atoms with Crippen molar-refractivity contribution in [1.29, 1.82) is 0 Å². The highest BCUT2D eigenvalue weighted by Crippen LogP contribution is 2.42. The molecule has 0 heterocycles. The van der Waals surface area contributed by atoms with Crippen molar-refractivity contribution in [2.75, 3.05) is 13.2 Å². The molecule has 1 aliphatic rings. The molecule has 0 saturated carbocycles. The van der Waals surface area contributed by atoms with Crippen molar-refractivity contribution in [2.45, 2.75) is 31.6 Å². The quantitative estimate of drug-likeness (QED) is 0.252. The van der Waals surface area contributed by atoms with E-state index in [0.29, 0.717) is 25.6 Å². The van der Waals surface area contributed by atoms with Gasteiger partial charge >= 0.3 is 0 Å². The average molecular weight is 356 g/mol. The summed E-state index contributed by atoms with van der Waals surface area (Å²) in [6.07, 6.45) is 4.03. The van der Waals surface area contributed by atoms with Crippen LogP contribution in [0.5, 0.6) is 0 Å². The van der Waals surface area contributed by atoms with Crippen molar-refractivity contribution in [3.05, 3.63) is 72.0 Å². The minimum atomic E-state index is 0.197. The van der Waals surface area contributed by atoms with Gasteiger partial charge in [0, 0.05) is 12.3 Å². The summed E-state index contributed by atoms with van der Waals surface area (Å²) in [6, 6.07) is 18.1. The van der Waals surface area contributed by atoms with Crippen molar-refractivity contribution in [3.8, 4) is 0 Å². The van der Waals surface area contributed by atoms with Crippen LogP contribution in [0.25, 0.3) is 32.3 Å². The topological polar surface area (TPSA) is 29.5 Å². The molecule has 0 saturated heterocycles. The first-order valence-corrected chi connectivity index (χ1v) is 9.86. The minimum Gasteiger partial charge on any atom is -0.513 e. The Morgan fingerprint density at radius 2 is 1.81 bits per heavy atom. The molecule has 4 aromatic rings. The molecule has 136 valence electrons. The van der Waals surface area contributed by atoms with Crippen molar-refractivity contribution >= 4 is 32.3 Å². The molecular weight excluding hydrogens is 332 g/mol.